The van der Waals surface area contributed by atoms with Gasteiger partial charge in [-0.15, -0.1) is 0 Å². The highest BCUT2D eigenvalue weighted by atomic mass is 16.5. The number of amides is 1. The van der Waals surface area contributed by atoms with Crippen LogP contribution in [0.25, 0.3) is 0 Å². The largest absolute Gasteiger partial charge is 0.493 e. The maximum atomic E-state index is 12.6. The minimum absolute atomic E-state index is 0.132. The smallest absolute Gasteiger partial charge is 0.254 e. The average Bonchev–Trinajstić information content (AvgIpc) is 2.49. The van der Waals surface area contributed by atoms with E-state index in [9.17, 15) is 4.79 Å². The van der Waals surface area contributed by atoms with Crippen LogP contribution in [-0.4, -0.2) is 43.6 Å². The first-order valence-corrected chi connectivity index (χ1v) is 7.73. The van der Waals surface area contributed by atoms with Crippen LogP contribution in [0.1, 0.15) is 35.3 Å². The first kappa shape index (κ1) is 15.8. The van der Waals surface area contributed by atoms with Crippen LogP contribution in [-0.2, 0) is 0 Å². The van der Waals surface area contributed by atoms with Gasteiger partial charge in [0.2, 0.25) is 0 Å². The van der Waals surface area contributed by atoms with Crippen molar-refractivity contribution in [3.05, 3.63) is 28.8 Å². The third kappa shape index (κ3) is 3.76. The van der Waals surface area contributed by atoms with Crippen LogP contribution < -0.4 is 10.1 Å². The van der Waals surface area contributed by atoms with E-state index in [-0.39, 0.29) is 5.91 Å². The molecule has 21 heavy (non-hydrogen) atoms. The highest BCUT2D eigenvalue weighted by Gasteiger charge is 2.21. The van der Waals surface area contributed by atoms with E-state index >= 15 is 0 Å². The van der Waals surface area contributed by atoms with Crippen LogP contribution in [0.4, 0.5) is 0 Å². The molecule has 2 rings (SSSR count). The SMILES string of the molecule is Cc1c(OCC(C)C)ccc(C(=O)N2CCNCC2)c1C. The molecule has 0 bridgehead atoms. The molecule has 116 valence electrons. The molecule has 1 saturated heterocycles. The van der Waals surface area contributed by atoms with E-state index < -0.39 is 0 Å². The lowest BCUT2D eigenvalue weighted by Crippen LogP contribution is -2.46. The van der Waals surface area contributed by atoms with Gasteiger partial charge in [-0.05, 0) is 43.0 Å². The molecule has 0 unspecified atom stereocenters. The second-order valence-electron chi connectivity index (χ2n) is 6.11. The lowest BCUT2D eigenvalue weighted by molar-refractivity contribution is 0.0735. The maximum absolute atomic E-state index is 12.6. The Balaban J connectivity index is 2.17. The third-order valence-electron chi connectivity index (χ3n) is 3.94. The second-order valence-corrected chi connectivity index (χ2v) is 6.11. The first-order valence-electron chi connectivity index (χ1n) is 7.73. The molecule has 0 aromatic heterocycles. The number of hydrogen-bond acceptors (Lipinski definition) is 3. The molecule has 0 radical (unpaired) electrons. The highest BCUT2D eigenvalue weighted by Crippen LogP contribution is 2.25. The Kier molecular flexibility index (Phi) is 5.23. The number of carbonyl (C=O) groups is 1. The fourth-order valence-corrected chi connectivity index (χ4v) is 2.48. The monoisotopic (exact) mass is 290 g/mol. The zero-order chi connectivity index (χ0) is 15.4. The number of benzene rings is 1. The number of rotatable bonds is 4. The van der Waals surface area contributed by atoms with Crippen molar-refractivity contribution in [3.63, 3.8) is 0 Å². The van der Waals surface area contributed by atoms with E-state index in [0.29, 0.717) is 12.5 Å². The number of ether oxygens (including phenoxy) is 1. The molecule has 0 saturated carbocycles. The fraction of sp³-hybridized carbons (Fsp3) is 0.588. The molecular formula is C17H26N2O2. The summed E-state index contributed by atoms with van der Waals surface area (Å²) >= 11 is 0. The number of piperazine rings is 1. The minimum atomic E-state index is 0.132. The van der Waals surface area contributed by atoms with Crippen LogP contribution in [0.15, 0.2) is 12.1 Å². The molecule has 1 amide bonds. The van der Waals surface area contributed by atoms with Gasteiger partial charge in [-0.25, -0.2) is 0 Å². The second kappa shape index (κ2) is 6.94. The Morgan fingerprint density at radius 3 is 2.52 bits per heavy atom. The van der Waals surface area contributed by atoms with Crippen molar-refractivity contribution < 1.29 is 9.53 Å². The van der Waals surface area contributed by atoms with Gasteiger partial charge in [0.25, 0.3) is 5.91 Å². The van der Waals surface area contributed by atoms with E-state index in [4.69, 9.17) is 4.74 Å². The Morgan fingerprint density at radius 1 is 1.24 bits per heavy atom. The van der Waals surface area contributed by atoms with E-state index in [2.05, 4.69) is 19.2 Å². The maximum Gasteiger partial charge on any atom is 0.254 e. The van der Waals surface area contributed by atoms with Gasteiger partial charge in [0.15, 0.2) is 0 Å². The predicted octanol–water partition coefficient (Wildman–Crippen LogP) is 2.38. The number of hydrogen-bond donors (Lipinski definition) is 1. The van der Waals surface area contributed by atoms with Gasteiger partial charge in [0.1, 0.15) is 5.75 Å². The van der Waals surface area contributed by atoms with Crippen molar-refractivity contribution in [2.75, 3.05) is 32.8 Å². The summed E-state index contributed by atoms with van der Waals surface area (Å²) < 4.78 is 5.82. The number of nitrogens with one attached hydrogen (secondary N) is 1. The summed E-state index contributed by atoms with van der Waals surface area (Å²) in [5.74, 6) is 1.51. The molecule has 0 atom stereocenters. The van der Waals surface area contributed by atoms with Crippen molar-refractivity contribution in [1.82, 2.24) is 10.2 Å². The third-order valence-corrected chi connectivity index (χ3v) is 3.94. The molecular weight excluding hydrogens is 264 g/mol. The van der Waals surface area contributed by atoms with E-state index in [1.54, 1.807) is 0 Å². The summed E-state index contributed by atoms with van der Waals surface area (Å²) in [7, 11) is 0. The number of carbonyl (C=O) groups excluding carboxylic acids is 1. The highest BCUT2D eigenvalue weighted by molar-refractivity contribution is 5.96. The van der Waals surface area contributed by atoms with Crippen LogP contribution >= 0.6 is 0 Å². The predicted molar refractivity (Wildman–Crippen MR) is 85.0 cm³/mol. The van der Waals surface area contributed by atoms with Crippen molar-refractivity contribution in [2.45, 2.75) is 27.7 Å². The number of nitrogens with zero attached hydrogens (tertiary/aromatic N) is 1. The van der Waals surface area contributed by atoms with E-state index in [1.165, 1.54) is 0 Å². The zero-order valence-corrected chi connectivity index (χ0v) is 13.5. The van der Waals surface area contributed by atoms with Gasteiger partial charge in [0, 0.05) is 31.7 Å². The van der Waals surface area contributed by atoms with Gasteiger partial charge < -0.3 is 15.0 Å². The zero-order valence-electron chi connectivity index (χ0n) is 13.5. The first-order chi connectivity index (χ1) is 10.0. The minimum Gasteiger partial charge on any atom is -0.493 e. The summed E-state index contributed by atoms with van der Waals surface area (Å²) in [6, 6.07) is 3.84. The normalized spacial score (nSPS) is 15.4. The van der Waals surface area contributed by atoms with Crippen LogP contribution in [0, 0.1) is 19.8 Å². The quantitative estimate of drug-likeness (QED) is 0.925. The van der Waals surface area contributed by atoms with Crippen molar-refractivity contribution in [3.8, 4) is 5.75 Å². The van der Waals surface area contributed by atoms with Crippen LogP contribution in [0.2, 0.25) is 0 Å². The molecule has 1 aliphatic heterocycles. The van der Waals surface area contributed by atoms with Crippen molar-refractivity contribution >= 4 is 5.91 Å². The van der Waals surface area contributed by atoms with E-state index in [0.717, 1.165) is 48.6 Å². The summed E-state index contributed by atoms with van der Waals surface area (Å²) in [4.78, 5) is 14.5. The summed E-state index contributed by atoms with van der Waals surface area (Å²) in [6.07, 6.45) is 0. The van der Waals surface area contributed by atoms with Gasteiger partial charge in [0.05, 0.1) is 6.61 Å². The Labute approximate surface area is 127 Å². The fourth-order valence-electron chi connectivity index (χ4n) is 2.48. The summed E-state index contributed by atoms with van der Waals surface area (Å²) in [6.45, 7) is 12.3. The molecule has 1 aromatic carbocycles. The molecule has 1 aliphatic rings. The standard InChI is InChI=1S/C17H26N2O2/c1-12(2)11-21-16-6-5-15(13(3)14(16)4)17(20)19-9-7-18-8-10-19/h5-6,12,18H,7-11H2,1-4H3. The molecule has 0 aliphatic carbocycles. The summed E-state index contributed by atoms with van der Waals surface area (Å²) in [5, 5.41) is 3.27. The molecule has 1 fully saturated rings. The van der Waals surface area contributed by atoms with Crippen molar-refractivity contribution in [1.29, 1.82) is 0 Å². The summed E-state index contributed by atoms with van der Waals surface area (Å²) in [5.41, 5.74) is 2.89. The van der Waals surface area contributed by atoms with Gasteiger partial charge in [-0.2, -0.15) is 0 Å². The van der Waals surface area contributed by atoms with Crippen LogP contribution in [0.3, 0.4) is 0 Å². The molecule has 4 heteroatoms. The van der Waals surface area contributed by atoms with Crippen LogP contribution in [0.5, 0.6) is 5.75 Å². The molecule has 1 aromatic rings. The lowest BCUT2D eigenvalue weighted by atomic mass is 10.0. The topological polar surface area (TPSA) is 41.6 Å². The van der Waals surface area contributed by atoms with Gasteiger partial charge in [-0.1, -0.05) is 13.8 Å². The van der Waals surface area contributed by atoms with E-state index in [1.807, 2.05) is 30.9 Å². The Bertz CT molecular complexity index is 506. The van der Waals surface area contributed by atoms with Gasteiger partial charge >= 0.3 is 0 Å². The average molecular weight is 290 g/mol. The molecule has 0 spiro atoms. The Morgan fingerprint density at radius 2 is 1.90 bits per heavy atom. The van der Waals surface area contributed by atoms with Crippen molar-refractivity contribution in [2.24, 2.45) is 5.92 Å². The lowest BCUT2D eigenvalue weighted by Gasteiger charge is -2.28. The molecule has 4 nitrogen and oxygen atoms in total. The van der Waals surface area contributed by atoms with Gasteiger partial charge in [-0.3, -0.25) is 4.79 Å². The Hall–Kier alpha value is -1.55. The molecule has 1 heterocycles. The molecule has 1 N–H and O–H groups in total.